The molecule has 0 aromatic heterocycles. The molecule has 0 aliphatic carbocycles. The van der Waals surface area contributed by atoms with Crippen molar-refractivity contribution >= 4 is 5.91 Å². The van der Waals surface area contributed by atoms with Crippen molar-refractivity contribution in [2.24, 2.45) is 11.3 Å². The molecule has 3 heteroatoms. The predicted molar refractivity (Wildman–Crippen MR) is 62.6 cm³/mol. The van der Waals surface area contributed by atoms with E-state index in [0.717, 1.165) is 19.4 Å². The molecule has 0 spiro atoms. The molecule has 3 nitrogen and oxygen atoms in total. The van der Waals surface area contributed by atoms with E-state index in [1.807, 2.05) is 27.7 Å². The highest BCUT2D eigenvalue weighted by Crippen LogP contribution is 2.20. The van der Waals surface area contributed by atoms with Crippen LogP contribution in [-0.4, -0.2) is 24.2 Å². The van der Waals surface area contributed by atoms with Crippen molar-refractivity contribution < 1.29 is 9.90 Å². The molecule has 15 heavy (non-hydrogen) atoms. The maximum Gasteiger partial charge on any atom is 0.220 e. The van der Waals surface area contributed by atoms with Gasteiger partial charge in [0, 0.05) is 19.6 Å². The Morgan fingerprint density at radius 2 is 2.00 bits per heavy atom. The van der Waals surface area contributed by atoms with E-state index in [1.165, 1.54) is 0 Å². The van der Waals surface area contributed by atoms with Crippen LogP contribution in [0, 0.1) is 11.3 Å². The smallest absolute Gasteiger partial charge is 0.220 e. The van der Waals surface area contributed by atoms with Gasteiger partial charge in [-0.1, -0.05) is 27.7 Å². The first kappa shape index (κ1) is 14.4. The maximum absolute atomic E-state index is 11.3. The average Bonchev–Trinajstić information content (AvgIpc) is 2.11. The lowest BCUT2D eigenvalue weighted by Gasteiger charge is -2.21. The highest BCUT2D eigenvalue weighted by Gasteiger charge is 2.15. The Hall–Kier alpha value is -0.570. The van der Waals surface area contributed by atoms with Crippen molar-refractivity contribution in [1.29, 1.82) is 0 Å². The molecule has 0 aromatic rings. The van der Waals surface area contributed by atoms with Gasteiger partial charge in [-0.2, -0.15) is 0 Å². The predicted octanol–water partition coefficient (Wildman–Crippen LogP) is 1.95. The highest BCUT2D eigenvalue weighted by atomic mass is 16.3. The first-order valence-electron chi connectivity index (χ1n) is 5.75. The summed E-state index contributed by atoms with van der Waals surface area (Å²) >= 11 is 0. The van der Waals surface area contributed by atoms with Gasteiger partial charge < -0.3 is 10.4 Å². The fraction of sp³-hybridized carbons (Fsp3) is 0.917. The van der Waals surface area contributed by atoms with E-state index < -0.39 is 0 Å². The molecule has 0 saturated heterocycles. The minimum Gasteiger partial charge on any atom is -0.396 e. The van der Waals surface area contributed by atoms with Crippen LogP contribution < -0.4 is 5.32 Å². The fourth-order valence-electron chi connectivity index (χ4n) is 1.32. The van der Waals surface area contributed by atoms with Crippen molar-refractivity contribution in [3.05, 3.63) is 0 Å². The van der Waals surface area contributed by atoms with Gasteiger partial charge in [0.1, 0.15) is 0 Å². The number of carbonyl (C=O) groups excluding carboxylic acids is 1. The molecule has 0 radical (unpaired) electrons. The van der Waals surface area contributed by atoms with E-state index in [1.54, 1.807) is 0 Å². The van der Waals surface area contributed by atoms with Gasteiger partial charge in [0.05, 0.1) is 0 Å². The van der Waals surface area contributed by atoms with Gasteiger partial charge in [-0.05, 0) is 24.2 Å². The number of amides is 1. The Morgan fingerprint density at radius 3 is 2.47 bits per heavy atom. The highest BCUT2D eigenvalue weighted by molar-refractivity contribution is 5.75. The zero-order chi connectivity index (χ0) is 11.9. The van der Waals surface area contributed by atoms with E-state index in [-0.39, 0.29) is 17.9 Å². The lowest BCUT2D eigenvalue weighted by atomic mass is 9.89. The molecule has 0 rings (SSSR count). The molecule has 2 N–H and O–H groups in total. The molecule has 0 atom stereocenters. The minimum atomic E-state index is -0.0250. The van der Waals surface area contributed by atoms with Crippen LogP contribution in [0.4, 0.5) is 0 Å². The third-order valence-electron chi connectivity index (χ3n) is 2.37. The van der Waals surface area contributed by atoms with Gasteiger partial charge in [0.15, 0.2) is 0 Å². The average molecular weight is 215 g/mol. The molecule has 90 valence electrons. The zero-order valence-corrected chi connectivity index (χ0v) is 10.5. The summed E-state index contributed by atoms with van der Waals surface area (Å²) in [5.74, 6) is 0.547. The van der Waals surface area contributed by atoms with Crippen molar-refractivity contribution in [2.75, 3.05) is 13.2 Å². The Kier molecular flexibility index (Phi) is 6.57. The quantitative estimate of drug-likeness (QED) is 0.638. The number of hydrogen-bond donors (Lipinski definition) is 2. The molecule has 0 aliphatic rings. The monoisotopic (exact) mass is 215 g/mol. The second kappa shape index (κ2) is 6.83. The number of hydrogen-bond acceptors (Lipinski definition) is 2. The summed E-state index contributed by atoms with van der Waals surface area (Å²) in [6.45, 7) is 9.05. The summed E-state index contributed by atoms with van der Waals surface area (Å²) in [5, 5.41) is 11.9. The number of nitrogens with one attached hydrogen (secondary N) is 1. The molecular weight excluding hydrogens is 190 g/mol. The Morgan fingerprint density at radius 1 is 1.40 bits per heavy atom. The summed E-state index contributed by atoms with van der Waals surface area (Å²) < 4.78 is 0. The van der Waals surface area contributed by atoms with E-state index in [2.05, 4.69) is 5.32 Å². The molecule has 0 fully saturated rings. The Labute approximate surface area is 93.3 Å². The molecular formula is C12H25NO2. The first-order chi connectivity index (χ1) is 6.87. The number of aliphatic hydroxyl groups is 1. The van der Waals surface area contributed by atoms with Crippen LogP contribution in [0.2, 0.25) is 0 Å². The lowest BCUT2D eigenvalue weighted by molar-refractivity contribution is -0.121. The van der Waals surface area contributed by atoms with E-state index in [0.29, 0.717) is 12.3 Å². The van der Waals surface area contributed by atoms with Gasteiger partial charge in [-0.25, -0.2) is 0 Å². The zero-order valence-electron chi connectivity index (χ0n) is 10.5. The molecule has 0 aromatic carbocycles. The van der Waals surface area contributed by atoms with Crippen molar-refractivity contribution in [1.82, 2.24) is 5.32 Å². The molecule has 0 heterocycles. The fourth-order valence-corrected chi connectivity index (χ4v) is 1.32. The van der Waals surface area contributed by atoms with Crippen LogP contribution in [0.1, 0.15) is 47.0 Å². The van der Waals surface area contributed by atoms with E-state index in [9.17, 15) is 4.79 Å². The standard InChI is InChI=1S/C12H25NO2/c1-10(2)8-11(15)13-7-5-6-12(3,4)9-14/h10,14H,5-9H2,1-4H3,(H,13,15). The van der Waals surface area contributed by atoms with E-state index >= 15 is 0 Å². The number of rotatable bonds is 7. The van der Waals surface area contributed by atoms with Crippen LogP contribution in [0.15, 0.2) is 0 Å². The normalized spacial score (nSPS) is 11.9. The Bertz CT molecular complexity index is 188. The first-order valence-corrected chi connectivity index (χ1v) is 5.75. The van der Waals surface area contributed by atoms with Gasteiger partial charge in [0.25, 0.3) is 0 Å². The second-order valence-corrected chi connectivity index (χ2v) is 5.37. The second-order valence-electron chi connectivity index (χ2n) is 5.37. The molecule has 0 aliphatic heterocycles. The van der Waals surface area contributed by atoms with Gasteiger partial charge in [-0.3, -0.25) is 4.79 Å². The summed E-state index contributed by atoms with van der Waals surface area (Å²) in [4.78, 5) is 11.3. The summed E-state index contributed by atoms with van der Waals surface area (Å²) in [6, 6.07) is 0. The van der Waals surface area contributed by atoms with Crippen LogP contribution >= 0.6 is 0 Å². The third-order valence-corrected chi connectivity index (χ3v) is 2.37. The van der Waals surface area contributed by atoms with Crippen LogP contribution in [0.25, 0.3) is 0 Å². The van der Waals surface area contributed by atoms with Crippen LogP contribution in [0.5, 0.6) is 0 Å². The van der Waals surface area contributed by atoms with Gasteiger partial charge >= 0.3 is 0 Å². The number of aliphatic hydroxyl groups excluding tert-OH is 1. The summed E-state index contributed by atoms with van der Waals surface area (Å²) in [6.07, 6.45) is 2.46. The number of carbonyl (C=O) groups is 1. The summed E-state index contributed by atoms with van der Waals surface area (Å²) in [5.41, 5.74) is -0.0250. The van der Waals surface area contributed by atoms with Crippen molar-refractivity contribution in [2.45, 2.75) is 47.0 Å². The van der Waals surface area contributed by atoms with Crippen LogP contribution in [0.3, 0.4) is 0 Å². The SMILES string of the molecule is CC(C)CC(=O)NCCCC(C)(C)CO. The molecule has 0 bridgehead atoms. The van der Waals surface area contributed by atoms with Gasteiger partial charge in [0.2, 0.25) is 5.91 Å². The van der Waals surface area contributed by atoms with Crippen LogP contribution in [-0.2, 0) is 4.79 Å². The van der Waals surface area contributed by atoms with Crippen molar-refractivity contribution in [3.63, 3.8) is 0 Å². The van der Waals surface area contributed by atoms with E-state index in [4.69, 9.17) is 5.11 Å². The Balaban J connectivity index is 3.50. The molecule has 0 saturated carbocycles. The largest absolute Gasteiger partial charge is 0.396 e. The maximum atomic E-state index is 11.3. The van der Waals surface area contributed by atoms with Gasteiger partial charge in [-0.15, -0.1) is 0 Å². The molecule has 1 amide bonds. The topological polar surface area (TPSA) is 49.3 Å². The minimum absolute atomic E-state index is 0.0250. The summed E-state index contributed by atoms with van der Waals surface area (Å²) in [7, 11) is 0. The lowest BCUT2D eigenvalue weighted by Crippen LogP contribution is -2.27. The molecule has 0 unspecified atom stereocenters. The third kappa shape index (κ3) is 8.43. The van der Waals surface area contributed by atoms with Crippen molar-refractivity contribution in [3.8, 4) is 0 Å².